The van der Waals surface area contributed by atoms with E-state index in [1.807, 2.05) is 0 Å². The van der Waals surface area contributed by atoms with Crippen LogP contribution in [-0.4, -0.2) is 0 Å². The van der Waals surface area contributed by atoms with Crippen LogP contribution in [0.5, 0.6) is 0 Å². The van der Waals surface area contributed by atoms with Crippen molar-refractivity contribution in [3.63, 3.8) is 0 Å². The summed E-state index contributed by atoms with van der Waals surface area (Å²) in [5, 5.41) is 3.82. The van der Waals surface area contributed by atoms with Crippen LogP contribution in [0.2, 0.25) is 0 Å². The standard InChI is InChI=1S/C50H38N2/c1-4-13-36(14-5-1)40-28-34-50(49(35-40)47-22-12-21-46-45-20-11-10-15-39(45)27-33-48(46)47)51-41-29-23-37(24-30-41)38-25-31-44(32-26-38)52(42-16-6-2-7-17-42)43-18-8-3-9-19-43/h1-35,47-48,51H. The second-order valence-electron chi connectivity index (χ2n) is 13.4. The van der Waals surface area contributed by atoms with Crippen molar-refractivity contribution in [2.24, 2.45) is 5.92 Å². The van der Waals surface area contributed by atoms with E-state index in [4.69, 9.17) is 0 Å². The summed E-state index contributed by atoms with van der Waals surface area (Å²) in [5.41, 5.74) is 15.7. The van der Waals surface area contributed by atoms with Gasteiger partial charge in [-0.05, 0) is 105 Å². The summed E-state index contributed by atoms with van der Waals surface area (Å²) in [6.07, 6.45) is 11.6. The quantitative estimate of drug-likeness (QED) is 0.174. The number of allylic oxidation sites excluding steroid dienone is 5. The molecule has 0 saturated heterocycles. The summed E-state index contributed by atoms with van der Waals surface area (Å²) in [6, 6.07) is 65.0. The molecule has 0 heterocycles. The van der Waals surface area contributed by atoms with Gasteiger partial charge in [0.25, 0.3) is 0 Å². The van der Waals surface area contributed by atoms with E-state index in [0.717, 1.165) is 28.4 Å². The molecule has 0 saturated carbocycles. The van der Waals surface area contributed by atoms with Crippen LogP contribution in [0, 0.1) is 5.92 Å². The van der Waals surface area contributed by atoms with Crippen molar-refractivity contribution in [3.8, 4) is 22.3 Å². The van der Waals surface area contributed by atoms with E-state index < -0.39 is 0 Å². The minimum absolute atomic E-state index is 0.194. The lowest BCUT2D eigenvalue weighted by Crippen LogP contribution is -2.17. The monoisotopic (exact) mass is 666 g/mol. The maximum absolute atomic E-state index is 3.82. The highest BCUT2D eigenvalue weighted by atomic mass is 15.1. The molecule has 248 valence electrons. The lowest BCUT2D eigenvalue weighted by atomic mass is 9.72. The van der Waals surface area contributed by atoms with Gasteiger partial charge >= 0.3 is 0 Å². The van der Waals surface area contributed by atoms with E-state index in [1.165, 1.54) is 44.5 Å². The molecule has 2 atom stereocenters. The largest absolute Gasteiger partial charge is 0.355 e. The molecule has 0 aromatic heterocycles. The number of hydrogen-bond acceptors (Lipinski definition) is 2. The lowest BCUT2D eigenvalue weighted by molar-refractivity contribution is 0.718. The summed E-state index contributed by atoms with van der Waals surface area (Å²) >= 11 is 0. The number of fused-ring (bicyclic) bond motifs is 3. The van der Waals surface area contributed by atoms with Gasteiger partial charge < -0.3 is 10.2 Å². The van der Waals surface area contributed by atoms with E-state index >= 15 is 0 Å². The smallest absolute Gasteiger partial charge is 0.0462 e. The van der Waals surface area contributed by atoms with E-state index in [-0.39, 0.29) is 11.8 Å². The van der Waals surface area contributed by atoms with Crippen LogP contribution >= 0.6 is 0 Å². The highest BCUT2D eigenvalue weighted by Crippen LogP contribution is 2.47. The minimum Gasteiger partial charge on any atom is -0.355 e. The summed E-state index contributed by atoms with van der Waals surface area (Å²) in [6.45, 7) is 0. The summed E-state index contributed by atoms with van der Waals surface area (Å²) in [4.78, 5) is 2.29. The van der Waals surface area contributed by atoms with Crippen LogP contribution in [0.15, 0.2) is 206 Å². The van der Waals surface area contributed by atoms with Crippen LogP contribution < -0.4 is 10.2 Å². The van der Waals surface area contributed by atoms with Gasteiger partial charge in [0.05, 0.1) is 0 Å². The topological polar surface area (TPSA) is 15.3 Å². The first kappa shape index (κ1) is 31.3. The molecule has 2 aliphatic rings. The van der Waals surface area contributed by atoms with Gasteiger partial charge in [-0.3, -0.25) is 0 Å². The predicted molar refractivity (Wildman–Crippen MR) is 221 cm³/mol. The number of nitrogens with one attached hydrogen (secondary N) is 1. The molecule has 0 bridgehead atoms. The third-order valence-corrected chi connectivity index (χ3v) is 10.3. The normalized spacial score (nSPS) is 15.7. The molecule has 0 aliphatic heterocycles. The molecule has 2 aliphatic carbocycles. The number of rotatable bonds is 8. The fraction of sp³-hybridized carbons (Fsp3) is 0.0400. The van der Waals surface area contributed by atoms with Crippen molar-refractivity contribution in [3.05, 3.63) is 223 Å². The zero-order chi connectivity index (χ0) is 34.7. The maximum Gasteiger partial charge on any atom is 0.0462 e. The molecule has 0 amide bonds. The summed E-state index contributed by atoms with van der Waals surface area (Å²) in [7, 11) is 0. The Bertz CT molecular complexity index is 2370. The molecule has 2 heteroatoms. The molecule has 2 nitrogen and oxygen atoms in total. The van der Waals surface area contributed by atoms with E-state index in [1.54, 1.807) is 0 Å². The third-order valence-electron chi connectivity index (χ3n) is 10.3. The van der Waals surface area contributed by atoms with Gasteiger partial charge in [0.2, 0.25) is 0 Å². The molecule has 9 rings (SSSR count). The van der Waals surface area contributed by atoms with Crippen LogP contribution in [0.25, 0.3) is 33.9 Å². The second-order valence-corrected chi connectivity index (χ2v) is 13.4. The van der Waals surface area contributed by atoms with Crippen molar-refractivity contribution in [1.82, 2.24) is 0 Å². The van der Waals surface area contributed by atoms with Crippen LogP contribution in [0.4, 0.5) is 28.4 Å². The first-order valence-electron chi connectivity index (χ1n) is 18.0. The van der Waals surface area contributed by atoms with E-state index in [0.29, 0.717) is 0 Å². The Hall–Kier alpha value is -6.64. The molecule has 52 heavy (non-hydrogen) atoms. The van der Waals surface area contributed by atoms with Crippen molar-refractivity contribution in [1.29, 1.82) is 0 Å². The lowest BCUT2D eigenvalue weighted by Gasteiger charge is -2.33. The van der Waals surface area contributed by atoms with Gasteiger partial charge in [-0.1, -0.05) is 152 Å². The number of nitrogens with zero attached hydrogens (tertiary/aromatic N) is 1. The fourth-order valence-corrected chi connectivity index (χ4v) is 7.67. The molecule has 0 spiro atoms. The third kappa shape index (κ3) is 6.16. The fourth-order valence-electron chi connectivity index (χ4n) is 7.67. The first-order chi connectivity index (χ1) is 25.8. The van der Waals surface area contributed by atoms with Crippen LogP contribution in [0.3, 0.4) is 0 Å². The molecule has 1 N–H and O–H groups in total. The SMILES string of the molecule is C1=CC(c2cc(-c3ccccc3)ccc2Nc2ccc(-c3ccc(N(c4ccccc4)c4ccccc4)cc3)cc2)C2C=Cc3ccccc3C2=C1. The van der Waals surface area contributed by atoms with Crippen LogP contribution in [0.1, 0.15) is 22.6 Å². The van der Waals surface area contributed by atoms with Crippen molar-refractivity contribution in [2.45, 2.75) is 5.92 Å². The molecule has 7 aromatic rings. The molecular weight excluding hydrogens is 629 g/mol. The van der Waals surface area contributed by atoms with E-state index in [9.17, 15) is 0 Å². The number of benzene rings is 7. The Labute approximate surface area is 306 Å². The molecular formula is C50H38N2. The Morgan fingerprint density at radius 3 is 1.69 bits per heavy atom. The van der Waals surface area contributed by atoms with Crippen molar-refractivity contribution >= 4 is 40.1 Å². The molecule has 2 unspecified atom stereocenters. The van der Waals surface area contributed by atoms with Gasteiger partial charge in [-0.2, -0.15) is 0 Å². The Balaban J connectivity index is 1.01. The highest BCUT2D eigenvalue weighted by Gasteiger charge is 2.30. The average Bonchev–Trinajstić information content (AvgIpc) is 3.22. The van der Waals surface area contributed by atoms with E-state index in [2.05, 4.69) is 223 Å². The first-order valence-corrected chi connectivity index (χ1v) is 18.0. The number of hydrogen-bond donors (Lipinski definition) is 1. The van der Waals surface area contributed by atoms with Crippen molar-refractivity contribution < 1.29 is 0 Å². The highest BCUT2D eigenvalue weighted by molar-refractivity contribution is 5.85. The predicted octanol–water partition coefficient (Wildman–Crippen LogP) is 13.6. The maximum atomic E-state index is 3.82. The van der Waals surface area contributed by atoms with Crippen LogP contribution in [-0.2, 0) is 0 Å². The van der Waals surface area contributed by atoms with Gasteiger partial charge in [0, 0.05) is 40.3 Å². The number of anilines is 5. The Kier molecular flexibility index (Phi) is 8.40. The van der Waals surface area contributed by atoms with Gasteiger partial charge in [-0.15, -0.1) is 0 Å². The van der Waals surface area contributed by atoms with Gasteiger partial charge in [0.15, 0.2) is 0 Å². The zero-order valence-corrected chi connectivity index (χ0v) is 28.8. The zero-order valence-electron chi connectivity index (χ0n) is 28.8. The van der Waals surface area contributed by atoms with Gasteiger partial charge in [-0.25, -0.2) is 0 Å². The van der Waals surface area contributed by atoms with Crippen molar-refractivity contribution in [2.75, 3.05) is 10.2 Å². The average molecular weight is 667 g/mol. The minimum atomic E-state index is 0.194. The summed E-state index contributed by atoms with van der Waals surface area (Å²) in [5.74, 6) is 0.455. The van der Waals surface area contributed by atoms with Gasteiger partial charge in [0.1, 0.15) is 0 Å². The molecule has 0 fully saturated rings. The summed E-state index contributed by atoms with van der Waals surface area (Å²) < 4.78 is 0. The Morgan fingerprint density at radius 1 is 0.442 bits per heavy atom. The Morgan fingerprint density at radius 2 is 1.00 bits per heavy atom. The molecule has 0 radical (unpaired) electrons. The number of para-hydroxylation sites is 2. The molecule has 7 aromatic carbocycles. The second kappa shape index (κ2) is 13.9.